The Morgan fingerprint density at radius 1 is 1.36 bits per heavy atom. The lowest BCUT2D eigenvalue weighted by atomic mass is 9.94. The van der Waals surface area contributed by atoms with Gasteiger partial charge in [0.1, 0.15) is 0 Å². The molecule has 0 saturated carbocycles. The maximum absolute atomic E-state index is 11.9. The van der Waals surface area contributed by atoms with Crippen LogP contribution in [-0.2, 0) is 4.79 Å². The van der Waals surface area contributed by atoms with Crippen molar-refractivity contribution in [2.24, 2.45) is 5.92 Å². The van der Waals surface area contributed by atoms with E-state index in [2.05, 4.69) is 11.9 Å². The van der Waals surface area contributed by atoms with E-state index < -0.39 is 0 Å². The zero-order valence-corrected chi connectivity index (χ0v) is 8.20. The van der Waals surface area contributed by atoms with Gasteiger partial charge in [-0.3, -0.25) is 4.79 Å². The highest BCUT2D eigenvalue weighted by molar-refractivity contribution is 6.00. The van der Waals surface area contributed by atoms with Gasteiger partial charge in [-0.05, 0) is 19.4 Å². The number of ketones is 1. The molecule has 1 heterocycles. The summed E-state index contributed by atoms with van der Waals surface area (Å²) in [6.45, 7) is 4.85. The lowest BCUT2D eigenvalue weighted by Gasteiger charge is -2.13. The minimum absolute atomic E-state index is 0.0184. The molecule has 0 amide bonds. The van der Waals surface area contributed by atoms with E-state index in [4.69, 9.17) is 0 Å². The maximum atomic E-state index is 11.9. The summed E-state index contributed by atoms with van der Waals surface area (Å²) in [6.07, 6.45) is 10.00. The first-order valence-corrected chi connectivity index (χ1v) is 5.10. The topological polar surface area (TPSA) is 29.1 Å². The second-order valence-corrected chi connectivity index (χ2v) is 3.83. The molecule has 2 aliphatic rings. The van der Waals surface area contributed by atoms with Gasteiger partial charge in [0.05, 0.1) is 6.04 Å². The van der Waals surface area contributed by atoms with Gasteiger partial charge in [0.25, 0.3) is 0 Å². The molecular formula is C12H15NO. The molecule has 1 N–H and O–H groups in total. The van der Waals surface area contributed by atoms with Gasteiger partial charge < -0.3 is 5.32 Å². The Balaban J connectivity index is 2.00. The molecule has 2 rings (SSSR count). The molecule has 2 nitrogen and oxygen atoms in total. The molecule has 74 valence electrons. The minimum Gasteiger partial charge on any atom is -0.307 e. The summed E-state index contributed by atoms with van der Waals surface area (Å²) in [5.74, 6) is 0.314. The fraction of sp³-hybridized carbons (Fsp3) is 0.417. The summed E-state index contributed by atoms with van der Waals surface area (Å²) in [5, 5.41) is 3.20. The Morgan fingerprint density at radius 3 is 2.64 bits per heavy atom. The van der Waals surface area contributed by atoms with Crippen molar-refractivity contribution >= 4 is 5.78 Å². The molecule has 0 aromatic carbocycles. The lowest BCUT2D eigenvalue weighted by molar-refractivity contribution is -0.117. The zero-order valence-electron chi connectivity index (χ0n) is 8.20. The Kier molecular flexibility index (Phi) is 2.64. The van der Waals surface area contributed by atoms with E-state index in [0.29, 0.717) is 0 Å². The van der Waals surface area contributed by atoms with Crippen LogP contribution < -0.4 is 5.32 Å². The molecule has 0 spiro atoms. The van der Waals surface area contributed by atoms with Crippen LogP contribution in [0, 0.1) is 5.92 Å². The standard InChI is InChI=1S/C12H15NO/c1-9(10-5-2-3-6-10)12(14)11-7-4-8-13-11/h2-3,5-6,10-11,13H,1,4,7-8H2. The molecule has 0 bridgehead atoms. The van der Waals surface area contributed by atoms with Crippen molar-refractivity contribution in [3.63, 3.8) is 0 Å². The Morgan fingerprint density at radius 2 is 2.07 bits per heavy atom. The number of nitrogens with one attached hydrogen (secondary N) is 1. The van der Waals surface area contributed by atoms with Crippen molar-refractivity contribution < 1.29 is 4.79 Å². The van der Waals surface area contributed by atoms with E-state index >= 15 is 0 Å². The second-order valence-electron chi connectivity index (χ2n) is 3.83. The quantitative estimate of drug-likeness (QED) is 0.683. The summed E-state index contributed by atoms with van der Waals surface area (Å²) in [5.41, 5.74) is 0.717. The van der Waals surface area contributed by atoms with Gasteiger partial charge in [0.15, 0.2) is 5.78 Å². The molecule has 0 radical (unpaired) electrons. The van der Waals surface area contributed by atoms with E-state index in [-0.39, 0.29) is 17.7 Å². The average Bonchev–Trinajstić information content (AvgIpc) is 2.87. The second kappa shape index (κ2) is 3.93. The summed E-state index contributed by atoms with van der Waals surface area (Å²) in [6, 6.07) is 0.0184. The molecule has 2 heteroatoms. The van der Waals surface area contributed by atoms with Crippen molar-refractivity contribution in [3.05, 3.63) is 36.5 Å². The molecule has 14 heavy (non-hydrogen) atoms. The Hall–Kier alpha value is -1.15. The van der Waals surface area contributed by atoms with Gasteiger partial charge in [-0.1, -0.05) is 30.9 Å². The Bertz CT molecular complexity index is 296. The molecule has 0 aromatic rings. The first-order chi connectivity index (χ1) is 6.79. The van der Waals surface area contributed by atoms with E-state index in [1.54, 1.807) is 0 Å². The average molecular weight is 189 g/mol. The summed E-state index contributed by atoms with van der Waals surface area (Å²) < 4.78 is 0. The first kappa shape index (κ1) is 9.41. The summed E-state index contributed by atoms with van der Waals surface area (Å²) in [4.78, 5) is 11.9. The predicted octanol–water partition coefficient (Wildman–Crippen LogP) is 1.61. The number of Topliss-reactive ketones (excluding diaryl/α,β-unsaturated/α-hetero) is 1. The van der Waals surface area contributed by atoms with Crippen LogP contribution in [0.5, 0.6) is 0 Å². The largest absolute Gasteiger partial charge is 0.307 e. The summed E-state index contributed by atoms with van der Waals surface area (Å²) >= 11 is 0. The molecule has 1 saturated heterocycles. The van der Waals surface area contributed by atoms with Crippen molar-refractivity contribution in [1.82, 2.24) is 5.32 Å². The normalized spacial score (nSPS) is 25.9. The van der Waals surface area contributed by atoms with Gasteiger partial charge in [-0.25, -0.2) is 0 Å². The van der Waals surface area contributed by atoms with E-state index in [9.17, 15) is 4.79 Å². The molecule has 1 fully saturated rings. The molecule has 1 atom stereocenters. The zero-order chi connectivity index (χ0) is 9.97. The van der Waals surface area contributed by atoms with E-state index in [0.717, 1.165) is 25.0 Å². The van der Waals surface area contributed by atoms with Crippen LogP contribution in [-0.4, -0.2) is 18.4 Å². The number of rotatable bonds is 3. The van der Waals surface area contributed by atoms with Crippen LogP contribution in [0.3, 0.4) is 0 Å². The lowest BCUT2D eigenvalue weighted by Crippen LogP contribution is -2.32. The minimum atomic E-state index is 0.0184. The summed E-state index contributed by atoms with van der Waals surface area (Å²) in [7, 11) is 0. The van der Waals surface area contributed by atoms with E-state index in [1.807, 2.05) is 24.3 Å². The SMILES string of the molecule is C=C(C(=O)C1CCCN1)C1C=CC=C1. The monoisotopic (exact) mass is 189 g/mol. The third-order valence-electron chi connectivity index (χ3n) is 2.84. The predicted molar refractivity (Wildman–Crippen MR) is 56.9 cm³/mol. The van der Waals surface area contributed by atoms with Crippen molar-refractivity contribution in [1.29, 1.82) is 0 Å². The van der Waals surface area contributed by atoms with Crippen LogP contribution in [0.1, 0.15) is 12.8 Å². The van der Waals surface area contributed by atoms with Gasteiger partial charge in [0, 0.05) is 11.5 Å². The number of hydrogen-bond donors (Lipinski definition) is 1. The van der Waals surface area contributed by atoms with Crippen molar-refractivity contribution in [3.8, 4) is 0 Å². The fourth-order valence-electron chi connectivity index (χ4n) is 1.96. The van der Waals surface area contributed by atoms with Crippen LogP contribution in [0.15, 0.2) is 36.5 Å². The highest BCUT2D eigenvalue weighted by Crippen LogP contribution is 2.21. The highest BCUT2D eigenvalue weighted by atomic mass is 16.1. The van der Waals surface area contributed by atoms with Gasteiger partial charge in [0.2, 0.25) is 0 Å². The number of carbonyl (C=O) groups is 1. The van der Waals surface area contributed by atoms with Crippen LogP contribution in [0.25, 0.3) is 0 Å². The first-order valence-electron chi connectivity index (χ1n) is 5.10. The molecule has 0 aromatic heterocycles. The highest BCUT2D eigenvalue weighted by Gasteiger charge is 2.26. The van der Waals surface area contributed by atoms with Crippen molar-refractivity contribution in [2.75, 3.05) is 6.54 Å². The van der Waals surface area contributed by atoms with Gasteiger partial charge >= 0.3 is 0 Å². The van der Waals surface area contributed by atoms with Crippen LogP contribution in [0.2, 0.25) is 0 Å². The maximum Gasteiger partial charge on any atom is 0.176 e. The number of carbonyl (C=O) groups excluding carboxylic acids is 1. The van der Waals surface area contributed by atoms with Gasteiger partial charge in [-0.2, -0.15) is 0 Å². The van der Waals surface area contributed by atoms with Crippen molar-refractivity contribution in [2.45, 2.75) is 18.9 Å². The number of allylic oxidation sites excluding steroid dienone is 4. The van der Waals surface area contributed by atoms with Gasteiger partial charge in [-0.15, -0.1) is 0 Å². The molecule has 1 unspecified atom stereocenters. The molecule has 1 aliphatic carbocycles. The fourth-order valence-corrected chi connectivity index (χ4v) is 1.96. The van der Waals surface area contributed by atoms with E-state index in [1.165, 1.54) is 0 Å². The number of hydrogen-bond acceptors (Lipinski definition) is 2. The molecular weight excluding hydrogens is 174 g/mol. The molecule has 1 aliphatic heterocycles. The smallest absolute Gasteiger partial charge is 0.176 e. The van der Waals surface area contributed by atoms with Crippen LogP contribution >= 0.6 is 0 Å². The third-order valence-corrected chi connectivity index (χ3v) is 2.84. The Labute approximate surface area is 84.4 Å². The van der Waals surface area contributed by atoms with Crippen LogP contribution in [0.4, 0.5) is 0 Å². The third kappa shape index (κ3) is 1.70.